The lowest BCUT2D eigenvalue weighted by atomic mass is 9.83. The highest BCUT2D eigenvalue weighted by Gasteiger charge is 2.54. The highest BCUT2D eigenvalue weighted by atomic mass is 19.2. The topological polar surface area (TPSA) is 347 Å². The van der Waals surface area contributed by atoms with E-state index < -0.39 is 135 Å². The third-order valence-electron chi connectivity index (χ3n) is 24.6. The molecule has 140 heavy (non-hydrogen) atoms. The number of alkyl halides is 5. The number of nitro benzene ring substituents is 2. The third kappa shape index (κ3) is 24.9. The molecule has 0 spiro atoms. The molecule has 0 aliphatic carbocycles. The molecule has 5 aliphatic heterocycles. The molecule has 39 heteroatoms. The molecule has 15 atom stereocenters. The smallest absolute Gasteiger partial charge is 0.289 e. The number of aliphatic imine (C=N–C) groups is 5. The number of nitrogens with two attached hydrogens (primary N) is 2. The second-order valence-corrected chi connectivity index (χ2v) is 34.6. The molecule has 0 aromatic heterocycles. The van der Waals surface area contributed by atoms with Crippen LogP contribution in [0.5, 0.6) is 23.0 Å². The zero-order valence-corrected chi connectivity index (χ0v) is 80.8. The van der Waals surface area contributed by atoms with Gasteiger partial charge in [0.25, 0.3) is 35.5 Å². The van der Waals surface area contributed by atoms with E-state index in [1.165, 1.54) is 99.5 Å². The minimum Gasteiger partial charge on any atom is -0.497 e. The average molecular weight is 1960 g/mol. The molecular weight excluding hydrogens is 1850 g/mol. The molecule has 0 radical (unpaired) electrons. The quantitative estimate of drug-likeness (QED) is 0.0233. The van der Waals surface area contributed by atoms with Crippen LogP contribution in [-0.2, 0) is 96.5 Å². The van der Waals surface area contributed by atoms with Crippen LogP contribution < -0.4 is 30.4 Å². The number of non-ortho nitro benzene ring substituents is 2. The lowest BCUT2D eigenvalue weighted by Crippen LogP contribution is -2.52. The first kappa shape index (κ1) is 109. The Kier molecular flexibility index (Phi) is 36.9. The van der Waals surface area contributed by atoms with Gasteiger partial charge in [-0.2, -0.15) is 0 Å². The van der Waals surface area contributed by atoms with Crippen molar-refractivity contribution < 1.29 is 120 Å². The van der Waals surface area contributed by atoms with Gasteiger partial charge in [-0.1, -0.05) is 91.0 Å². The summed E-state index contributed by atoms with van der Waals surface area (Å²) in [6.07, 6.45) is -13.7. The lowest BCUT2D eigenvalue weighted by Gasteiger charge is -2.41. The summed E-state index contributed by atoms with van der Waals surface area (Å²) in [5.41, 5.74) is 10.3. The molecule has 5 aliphatic rings. The van der Waals surface area contributed by atoms with Crippen LogP contribution in [0.25, 0.3) is 0 Å². The van der Waals surface area contributed by atoms with Crippen LogP contribution >= 0.6 is 0 Å². The summed E-state index contributed by atoms with van der Waals surface area (Å²) in [7, 11) is 12.1. The highest BCUT2D eigenvalue weighted by molar-refractivity contribution is 5.78. The Labute approximate surface area is 805 Å². The van der Waals surface area contributed by atoms with Crippen molar-refractivity contribution in [3.63, 3.8) is 0 Å². The van der Waals surface area contributed by atoms with Gasteiger partial charge in [-0.25, -0.2) is 68.9 Å². The SMILES string of the molecule is COC[C@H]1OC(C)=N[C@](C)(c2cc([N+](=O)[O-])ccc2F)[C@H]1F.COC[C@H]1OC(N(Cc2ccc(OC)cc2C)Cc2ccc(C)cc2OC)=N[C@](C)(c2ccccc2F)[C@H]1F.COC[C@H]1OC(N)=N[C@](C)(c2cc([N+](=O)[O-])ccc2F)[C@H]1F.COC[C@H]1OC(N)=N[C@](C)(c2ccccc2F)[C@H]1F.COc1ccc(CN(Cc2ccc(C)cc2OC)C2=N[C@](C)(c3ccccc3F)[C@@H](F)[C@@H](CO)O2)c(C)c1. The number of aliphatic hydroxyl groups excluding tert-OH is 1. The lowest BCUT2D eigenvalue weighted by molar-refractivity contribution is -0.385. The van der Waals surface area contributed by atoms with Gasteiger partial charge in [0.2, 0.25) is 0 Å². The van der Waals surface area contributed by atoms with Crippen molar-refractivity contribution in [1.29, 1.82) is 0 Å². The number of rotatable bonds is 28. The summed E-state index contributed by atoms with van der Waals surface area (Å²) in [4.78, 5) is 45.5. The number of benzene rings is 9. The summed E-state index contributed by atoms with van der Waals surface area (Å²) in [5.74, 6) is -0.131. The molecule has 0 saturated carbocycles. The van der Waals surface area contributed by atoms with Crippen molar-refractivity contribution in [1.82, 2.24) is 9.80 Å². The zero-order chi connectivity index (χ0) is 103. The van der Waals surface area contributed by atoms with Crippen LogP contribution in [0.4, 0.5) is 55.3 Å². The average Bonchev–Trinajstić information content (AvgIpc) is 0.682. The standard InChI is InChI=1S/C31H36F2N2O4.C30H34F2N2O4.C14H16F2N2O4.C13H15F2N3O4.C13H16F2N2O2/c1-20-11-12-23(27(15-20)38-6)18-35(17-22-13-14-24(37-5)16-21(22)2)30-34-31(3,25-9-7-8-10-26(25)32)29(33)28(39-30)19-36-4;1-19-10-11-22(26(14-19)37-5)17-34(16-21-12-13-23(36-4)15-20(21)2)29-33-30(3,28(32)27(18-35)38-29)24-8-6-7-9-25(24)31;1-8-17-14(2,13(16)12(22-8)7-21-3)10-6-9(18(19)20)4-5-11(10)15;1-13(8-5-7(18(19)20)3-4-9(8)14)11(15)10(6-21-2)22-12(16)17-13;1-13(8-5-3-4-6-9(8)14)11(15)10(7-18-2)19-12(16)17-13/h7-16,28-29H,17-19H2,1-6H3;6-15,27-28,35H,16-18H2,1-5H3;4-6,12-13H,7H2,1-3H3;3-5,10-11H,6H2,1-2H3,(H2,16,17);3-6,10-11H,7H2,1-2H3,(H2,16,17)/t28-,29+,31-;27-,28+,30-;12-,13+,14-;2*10-,11+,13-/m11111/s1. The van der Waals surface area contributed by atoms with Gasteiger partial charge in [-0.05, 0) is 162 Å². The Morgan fingerprint density at radius 2 is 0.664 bits per heavy atom. The van der Waals surface area contributed by atoms with E-state index in [4.69, 9.17) is 78.0 Å². The van der Waals surface area contributed by atoms with Crippen LogP contribution in [-0.4, -0.2) is 206 Å². The number of nitrogens with zero attached hydrogens (tertiary/aromatic N) is 9. The van der Waals surface area contributed by atoms with Gasteiger partial charge in [0.05, 0.1) is 84.4 Å². The summed E-state index contributed by atoms with van der Waals surface area (Å²) in [5, 5.41) is 31.8. The molecule has 9 aromatic rings. The number of methoxy groups -OCH3 is 8. The zero-order valence-electron chi connectivity index (χ0n) is 80.8. The predicted molar refractivity (Wildman–Crippen MR) is 506 cm³/mol. The Morgan fingerprint density at radius 3 is 0.993 bits per heavy atom. The fourth-order valence-electron chi connectivity index (χ4n) is 16.9. The molecule has 0 unspecified atom stereocenters. The Balaban J connectivity index is 0.000000186. The third-order valence-corrected chi connectivity index (χ3v) is 24.6. The number of amidine groups is 4. The van der Waals surface area contributed by atoms with E-state index in [9.17, 15) is 56.1 Å². The van der Waals surface area contributed by atoms with Gasteiger partial charge < -0.3 is 88.0 Å². The molecule has 14 rings (SSSR count). The fraction of sp³-hybridized carbons (Fsp3) is 0.416. The Bertz CT molecular complexity index is 5870. The van der Waals surface area contributed by atoms with Gasteiger partial charge >= 0.3 is 0 Å². The molecular formula is C101H117F10N11O18. The largest absolute Gasteiger partial charge is 0.497 e. The van der Waals surface area contributed by atoms with Crippen molar-refractivity contribution in [3.8, 4) is 23.0 Å². The Hall–Kier alpha value is -13.4. The number of aryl methyl sites for hydroxylation is 4. The van der Waals surface area contributed by atoms with Gasteiger partial charge in [-0.15, -0.1) is 0 Å². The number of aliphatic hydroxyl groups is 1. The second-order valence-electron chi connectivity index (χ2n) is 34.6. The van der Waals surface area contributed by atoms with Crippen LogP contribution in [0.1, 0.15) is 114 Å². The van der Waals surface area contributed by atoms with Crippen molar-refractivity contribution in [2.75, 3.05) is 89.9 Å². The first-order valence-electron chi connectivity index (χ1n) is 44.2. The van der Waals surface area contributed by atoms with Crippen LogP contribution in [0.3, 0.4) is 0 Å². The minimum atomic E-state index is -1.80. The van der Waals surface area contributed by atoms with Crippen LogP contribution in [0.2, 0.25) is 0 Å². The van der Waals surface area contributed by atoms with E-state index in [0.29, 0.717) is 31.9 Å². The van der Waals surface area contributed by atoms with E-state index in [2.05, 4.69) is 20.0 Å². The number of nitro groups is 2. The number of hydrogen-bond donors (Lipinski definition) is 3. The maximum Gasteiger partial charge on any atom is 0.289 e. The second kappa shape index (κ2) is 47.5. The number of ether oxygens (including phenoxy) is 13. The minimum absolute atomic E-state index is 0.0153. The fourth-order valence-corrected chi connectivity index (χ4v) is 16.9. The molecule has 0 saturated heterocycles. The van der Waals surface area contributed by atoms with Gasteiger partial charge in [0, 0.05) is 112 Å². The van der Waals surface area contributed by atoms with E-state index >= 15 is 13.2 Å². The molecule has 5 heterocycles. The molecule has 0 amide bonds. The molecule has 754 valence electrons. The van der Waals surface area contributed by atoms with Crippen molar-refractivity contribution >= 4 is 41.4 Å². The molecule has 29 nitrogen and oxygen atoms in total. The summed E-state index contributed by atoms with van der Waals surface area (Å²) in [6.45, 7) is 17.5. The van der Waals surface area contributed by atoms with Crippen molar-refractivity contribution in [3.05, 3.63) is 304 Å². The van der Waals surface area contributed by atoms with Gasteiger partial charge in [0.15, 0.2) is 67.3 Å². The van der Waals surface area contributed by atoms with E-state index in [-0.39, 0.29) is 95.6 Å². The van der Waals surface area contributed by atoms with Crippen LogP contribution in [0.15, 0.2) is 207 Å². The van der Waals surface area contributed by atoms with Crippen LogP contribution in [0, 0.1) is 77.0 Å². The molecule has 0 bridgehead atoms. The molecule has 0 fully saturated rings. The normalized spacial score (nSPS) is 24.4. The van der Waals surface area contributed by atoms with Crippen molar-refractivity contribution in [2.45, 2.75) is 184 Å². The van der Waals surface area contributed by atoms with E-state index in [0.717, 1.165) is 98.2 Å². The maximum atomic E-state index is 16.0. The monoisotopic (exact) mass is 1960 g/mol. The van der Waals surface area contributed by atoms with E-state index in [1.807, 2.05) is 110 Å². The summed E-state index contributed by atoms with van der Waals surface area (Å²) >= 11 is 0. The predicted octanol–water partition coefficient (Wildman–Crippen LogP) is 17.7. The summed E-state index contributed by atoms with van der Waals surface area (Å²) in [6, 6.07) is 47.1. The summed E-state index contributed by atoms with van der Waals surface area (Å²) < 4.78 is 218. The van der Waals surface area contributed by atoms with Crippen molar-refractivity contribution in [2.24, 2.45) is 36.4 Å². The first-order valence-corrected chi connectivity index (χ1v) is 44.2. The molecule has 5 N–H and O–H groups in total. The molecule has 9 aromatic carbocycles. The maximum absolute atomic E-state index is 16.0. The first-order chi connectivity index (χ1) is 66.5. The highest BCUT2D eigenvalue weighted by Crippen LogP contribution is 2.47. The number of hydrogen-bond acceptors (Lipinski definition) is 27. The Morgan fingerprint density at radius 1 is 0.364 bits per heavy atom. The van der Waals surface area contributed by atoms with E-state index in [1.54, 1.807) is 71.8 Å². The van der Waals surface area contributed by atoms with Gasteiger partial charge in [0.1, 0.15) is 79.8 Å². The number of halogens is 10. The van der Waals surface area contributed by atoms with Gasteiger partial charge in [-0.3, -0.25) is 20.2 Å².